The first kappa shape index (κ1) is 29.6. The van der Waals surface area contributed by atoms with E-state index in [2.05, 4.69) is 30.6 Å². The van der Waals surface area contributed by atoms with Crippen LogP contribution in [0.3, 0.4) is 0 Å². The van der Waals surface area contributed by atoms with E-state index in [0.717, 1.165) is 0 Å². The highest BCUT2D eigenvalue weighted by molar-refractivity contribution is 6.02. The van der Waals surface area contributed by atoms with Gasteiger partial charge < -0.3 is 32.3 Å². The first-order valence-electron chi connectivity index (χ1n) is 12.2. The maximum absolute atomic E-state index is 9.53. The van der Waals surface area contributed by atoms with E-state index in [4.69, 9.17) is 11.5 Å². The molecule has 2 aliphatic rings. The van der Waals surface area contributed by atoms with Crippen LogP contribution in [0.15, 0.2) is 30.6 Å². The van der Waals surface area contributed by atoms with E-state index in [1.165, 1.54) is 0 Å². The van der Waals surface area contributed by atoms with Crippen LogP contribution in [0.4, 0.5) is 0 Å². The number of nitrogens with zero attached hydrogens (tertiary/aromatic N) is 6. The topological polar surface area (TPSA) is 272 Å². The van der Waals surface area contributed by atoms with Crippen LogP contribution in [0.25, 0.3) is 0 Å². The van der Waals surface area contributed by atoms with Crippen LogP contribution in [-0.2, 0) is 0 Å². The third kappa shape index (κ3) is 7.19. The van der Waals surface area contributed by atoms with Gasteiger partial charge in [0.2, 0.25) is 0 Å². The maximum Gasteiger partial charge on any atom is 0.172 e. The molecular formula is C21H38N10O6. The van der Waals surface area contributed by atoms with Crippen molar-refractivity contribution in [3.05, 3.63) is 0 Å². The lowest BCUT2D eigenvalue weighted by Gasteiger charge is -2.33. The van der Waals surface area contributed by atoms with Gasteiger partial charge in [-0.05, 0) is 44.9 Å². The highest BCUT2D eigenvalue weighted by Crippen LogP contribution is 2.35. The largest absolute Gasteiger partial charge is 0.409 e. The molecule has 16 heteroatoms. The van der Waals surface area contributed by atoms with Crippen molar-refractivity contribution in [3.8, 4) is 0 Å². The Bertz CT molecular complexity index is 876. The second-order valence-electron chi connectivity index (χ2n) is 9.36. The molecule has 0 fully saturated rings. The Morgan fingerprint density at radius 2 is 1.16 bits per heavy atom. The smallest absolute Gasteiger partial charge is 0.172 e. The van der Waals surface area contributed by atoms with E-state index in [9.17, 15) is 31.2 Å². The van der Waals surface area contributed by atoms with Gasteiger partial charge in [-0.15, -0.1) is 0 Å². The summed E-state index contributed by atoms with van der Waals surface area (Å²) in [6.45, 7) is 3.86. The summed E-state index contributed by atoms with van der Waals surface area (Å²) in [6, 6.07) is 0. The second-order valence-corrected chi connectivity index (χ2v) is 9.36. The summed E-state index contributed by atoms with van der Waals surface area (Å²) < 4.78 is 0. The van der Waals surface area contributed by atoms with E-state index in [1.807, 2.05) is 24.8 Å². The molecule has 0 saturated heterocycles. The van der Waals surface area contributed by atoms with Gasteiger partial charge in [-0.2, -0.15) is 0 Å². The van der Waals surface area contributed by atoms with E-state index >= 15 is 0 Å². The average Bonchev–Trinajstić information content (AvgIpc) is 2.94. The van der Waals surface area contributed by atoms with Gasteiger partial charge in [0.25, 0.3) is 0 Å². The Morgan fingerprint density at radius 3 is 1.43 bits per heavy atom. The predicted octanol–water partition coefficient (Wildman–Crippen LogP) is 1.30. The summed E-state index contributed by atoms with van der Waals surface area (Å²) in [6.07, 6.45) is 3.02. The van der Waals surface area contributed by atoms with E-state index in [0.29, 0.717) is 25.7 Å². The van der Waals surface area contributed by atoms with Crippen LogP contribution < -0.4 is 22.4 Å². The summed E-state index contributed by atoms with van der Waals surface area (Å²) in [5.74, 6) is -1.64. The van der Waals surface area contributed by atoms with Gasteiger partial charge in [0.15, 0.2) is 11.7 Å². The summed E-state index contributed by atoms with van der Waals surface area (Å²) in [4.78, 5) is 8.42. The molecule has 0 amide bonds. The minimum Gasteiger partial charge on any atom is -0.409 e. The van der Waals surface area contributed by atoms with Crippen molar-refractivity contribution in [3.63, 3.8) is 0 Å². The van der Waals surface area contributed by atoms with Crippen LogP contribution in [0.5, 0.6) is 0 Å². The van der Waals surface area contributed by atoms with Crippen molar-refractivity contribution in [1.29, 1.82) is 0 Å². The van der Waals surface area contributed by atoms with Crippen molar-refractivity contribution in [2.75, 3.05) is 0 Å². The number of hydrogen-bond acceptors (Lipinski definition) is 12. The molecule has 0 bridgehead atoms. The Hall–Kier alpha value is -3.66. The Labute approximate surface area is 214 Å². The molecule has 2 heterocycles. The number of hydroxylamine groups is 2. The summed E-state index contributed by atoms with van der Waals surface area (Å²) >= 11 is 0. The zero-order valence-corrected chi connectivity index (χ0v) is 20.9. The third-order valence-corrected chi connectivity index (χ3v) is 7.31. The van der Waals surface area contributed by atoms with Gasteiger partial charge >= 0.3 is 0 Å². The van der Waals surface area contributed by atoms with Crippen molar-refractivity contribution < 1.29 is 31.2 Å². The predicted molar refractivity (Wildman–Crippen MR) is 135 cm³/mol. The van der Waals surface area contributed by atoms with E-state index < -0.39 is 11.8 Å². The quantitative estimate of drug-likeness (QED) is 0.0842. The van der Waals surface area contributed by atoms with Gasteiger partial charge in [-0.1, -0.05) is 34.5 Å². The molecule has 2 rings (SSSR count). The van der Waals surface area contributed by atoms with Crippen LogP contribution in [-0.4, -0.2) is 66.3 Å². The third-order valence-electron chi connectivity index (χ3n) is 7.31. The van der Waals surface area contributed by atoms with Crippen molar-refractivity contribution in [2.24, 2.45) is 77.6 Å². The standard InChI is InChI=1S/C21H38N10O6/c1-3-10-5-14(20(30-36)24-18(10)28-34)8-12(16(22)26-32)7-13(17(23)27-33)9-15-6-11(4-2)19(29-35)25-21(15)31-37/h10-15,32-37H,3-9H2,1-2H3,(H2,22,26)(H2,23,27)(H,24,28,30)(H,25,29,31). The Kier molecular flexibility index (Phi) is 11.3. The second kappa shape index (κ2) is 14.2. The van der Waals surface area contributed by atoms with Crippen LogP contribution in [0, 0.1) is 35.5 Å². The molecule has 208 valence electrons. The molecule has 6 unspecified atom stereocenters. The molecule has 0 saturated carbocycles. The molecule has 37 heavy (non-hydrogen) atoms. The number of nitrogens with one attached hydrogen (secondary N) is 2. The highest BCUT2D eigenvalue weighted by atomic mass is 16.5. The molecule has 0 aromatic carbocycles. The SMILES string of the molecule is CCC1CC(CC(CC(CC2CC(CC)C(NO)=N/C2=N\O)/C(N)=N/O)/C(N)=N/O)/C(=N/O)N=C1NO. The molecule has 0 spiro atoms. The molecular weight excluding hydrogens is 488 g/mol. The lowest BCUT2D eigenvalue weighted by Crippen LogP contribution is -2.40. The maximum atomic E-state index is 9.53. The Balaban J connectivity index is 2.33. The lowest BCUT2D eigenvalue weighted by molar-refractivity contribution is 0.221. The summed E-state index contributed by atoms with van der Waals surface area (Å²) in [7, 11) is 0. The number of aliphatic imine (C=N–C) groups is 2. The van der Waals surface area contributed by atoms with Crippen molar-refractivity contribution in [2.45, 2.75) is 58.8 Å². The number of hydrogen-bond donors (Lipinski definition) is 10. The van der Waals surface area contributed by atoms with Gasteiger partial charge in [0.1, 0.15) is 23.3 Å². The molecule has 16 nitrogen and oxygen atoms in total. The average molecular weight is 527 g/mol. The molecule has 2 aliphatic heterocycles. The van der Waals surface area contributed by atoms with Gasteiger partial charge in [0, 0.05) is 35.5 Å². The Morgan fingerprint density at radius 1 is 0.784 bits per heavy atom. The molecule has 0 radical (unpaired) electrons. The minimum atomic E-state index is -0.591. The van der Waals surface area contributed by atoms with E-state index in [-0.39, 0.29) is 77.9 Å². The molecule has 6 atom stereocenters. The van der Waals surface area contributed by atoms with Crippen LogP contribution >= 0.6 is 0 Å². The zero-order valence-electron chi connectivity index (χ0n) is 20.9. The summed E-state index contributed by atoms with van der Waals surface area (Å²) in [5, 5.41) is 69.7. The molecule has 0 aliphatic carbocycles. The van der Waals surface area contributed by atoms with Crippen molar-refractivity contribution >= 4 is 35.0 Å². The molecule has 12 N–H and O–H groups in total. The lowest BCUT2D eigenvalue weighted by atomic mass is 9.76. The van der Waals surface area contributed by atoms with E-state index in [1.54, 1.807) is 0 Å². The highest BCUT2D eigenvalue weighted by Gasteiger charge is 2.37. The van der Waals surface area contributed by atoms with Crippen molar-refractivity contribution in [1.82, 2.24) is 11.0 Å². The number of amidine groups is 6. The first-order valence-corrected chi connectivity index (χ1v) is 12.2. The van der Waals surface area contributed by atoms with Gasteiger partial charge in [0.05, 0.1) is 0 Å². The number of oxime groups is 4. The molecule has 0 aromatic heterocycles. The van der Waals surface area contributed by atoms with Gasteiger partial charge in [-0.25, -0.2) is 9.98 Å². The monoisotopic (exact) mass is 526 g/mol. The molecule has 0 aromatic rings. The first-order chi connectivity index (χ1) is 17.8. The fourth-order valence-electron chi connectivity index (χ4n) is 5.17. The fraction of sp³-hybridized carbons (Fsp3) is 0.714. The normalized spacial score (nSPS) is 29.0. The van der Waals surface area contributed by atoms with Gasteiger partial charge in [-0.3, -0.25) is 21.4 Å². The fourth-order valence-corrected chi connectivity index (χ4v) is 5.17. The number of rotatable bonds is 10. The van der Waals surface area contributed by atoms with Crippen LogP contribution in [0.2, 0.25) is 0 Å². The summed E-state index contributed by atoms with van der Waals surface area (Å²) in [5.41, 5.74) is 16.2. The van der Waals surface area contributed by atoms with Crippen LogP contribution in [0.1, 0.15) is 58.8 Å². The zero-order chi connectivity index (χ0) is 27.5. The minimum absolute atomic E-state index is 0.0866. The number of nitrogens with two attached hydrogens (primary N) is 2.